The first-order valence-electron chi connectivity index (χ1n) is 5.09. The quantitative estimate of drug-likeness (QED) is 0.565. The van der Waals surface area contributed by atoms with Crippen LogP contribution in [0.3, 0.4) is 0 Å². The van der Waals surface area contributed by atoms with Crippen LogP contribution >= 0.6 is 11.8 Å². The molecule has 1 unspecified atom stereocenters. The second-order valence-electron chi connectivity index (χ2n) is 3.63. The maximum atomic E-state index is 2.43. The molecular weight excluding hydrogens is 176 g/mol. The van der Waals surface area contributed by atoms with Crippen LogP contribution in [0.5, 0.6) is 0 Å². The fraction of sp³-hybridized carbons (Fsp3) is 0.500. The molecule has 1 heterocycles. The molecule has 1 heteroatoms. The van der Waals surface area contributed by atoms with Crippen LogP contribution in [0.1, 0.15) is 19.3 Å². The van der Waals surface area contributed by atoms with Gasteiger partial charge in [0, 0.05) is 11.7 Å². The molecule has 0 fully saturated rings. The van der Waals surface area contributed by atoms with E-state index < -0.39 is 0 Å². The lowest BCUT2D eigenvalue weighted by Crippen LogP contribution is -2.04. The summed E-state index contributed by atoms with van der Waals surface area (Å²) < 4.78 is 0. The van der Waals surface area contributed by atoms with Gasteiger partial charge in [-0.3, -0.25) is 0 Å². The van der Waals surface area contributed by atoms with Crippen molar-refractivity contribution in [3.8, 4) is 0 Å². The van der Waals surface area contributed by atoms with Crippen molar-refractivity contribution in [2.75, 3.05) is 11.5 Å². The van der Waals surface area contributed by atoms with Crippen LogP contribution < -0.4 is 0 Å². The molecule has 0 radical (unpaired) electrons. The molecule has 1 atom stereocenters. The molecule has 0 amide bonds. The normalized spacial score (nSPS) is 32.3. The van der Waals surface area contributed by atoms with Gasteiger partial charge < -0.3 is 0 Å². The van der Waals surface area contributed by atoms with E-state index >= 15 is 0 Å². The van der Waals surface area contributed by atoms with Gasteiger partial charge in [-0.05, 0) is 30.6 Å². The number of rotatable bonds is 0. The molecule has 0 saturated heterocycles. The van der Waals surface area contributed by atoms with Gasteiger partial charge in [0.2, 0.25) is 0 Å². The average Bonchev–Trinajstić information content (AvgIpc) is 2.28. The van der Waals surface area contributed by atoms with E-state index in [0.717, 1.165) is 0 Å². The monoisotopic (exact) mass is 192 g/mol. The average molecular weight is 192 g/mol. The predicted molar refractivity (Wildman–Crippen MR) is 61.0 cm³/mol. The van der Waals surface area contributed by atoms with E-state index in [-0.39, 0.29) is 0 Å². The third-order valence-corrected chi connectivity index (χ3v) is 3.76. The van der Waals surface area contributed by atoms with Crippen LogP contribution in [-0.4, -0.2) is 11.5 Å². The van der Waals surface area contributed by atoms with Gasteiger partial charge in [0.15, 0.2) is 0 Å². The molecule has 70 valence electrons. The minimum atomic E-state index is 0.688. The zero-order valence-electron chi connectivity index (χ0n) is 7.91. The summed E-state index contributed by atoms with van der Waals surface area (Å²) in [6, 6.07) is 0. The molecule has 0 nitrogen and oxygen atoms in total. The van der Waals surface area contributed by atoms with E-state index in [2.05, 4.69) is 42.1 Å². The van der Waals surface area contributed by atoms with Crippen LogP contribution in [0, 0.1) is 5.92 Å². The predicted octanol–water partition coefficient (Wildman–Crippen LogP) is 3.57. The minimum Gasteiger partial charge on any atom is -0.161 e. The lowest BCUT2D eigenvalue weighted by Gasteiger charge is -2.15. The molecule has 1 aliphatic heterocycles. The molecule has 0 spiro atoms. The summed E-state index contributed by atoms with van der Waals surface area (Å²) in [6.07, 6.45) is 15.4. The summed E-state index contributed by atoms with van der Waals surface area (Å²) >= 11 is 2.10. The van der Waals surface area contributed by atoms with Crippen LogP contribution in [0.15, 0.2) is 36.0 Å². The van der Waals surface area contributed by atoms with Crippen molar-refractivity contribution in [1.29, 1.82) is 0 Å². The van der Waals surface area contributed by atoms with Gasteiger partial charge in [-0.1, -0.05) is 30.4 Å². The Kier molecular flexibility index (Phi) is 3.31. The largest absolute Gasteiger partial charge is 0.161 e. The standard InChI is InChI=1S/C12H16S/c1-2-6-11-7-3-4-8-12(11)10-13-9-5-1/h3-4,6-8,12H,1-2,5,9-10H2/b11-6+. The van der Waals surface area contributed by atoms with Gasteiger partial charge >= 0.3 is 0 Å². The number of fused-ring (bicyclic) bond motifs is 1. The molecule has 0 aromatic carbocycles. The highest BCUT2D eigenvalue weighted by Gasteiger charge is 2.11. The van der Waals surface area contributed by atoms with Crippen molar-refractivity contribution >= 4 is 11.8 Å². The van der Waals surface area contributed by atoms with Gasteiger partial charge in [0.1, 0.15) is 0 Å². The van der Waals surface area contributed by atoms with E-state index in [1.165, 1.54) is 36.3 Å². The third-order valence-electron chi connectivity index (χ3n) is 2.59. The van der Waals surface area contributed by atoms with E-state index in [1.807, 2.05) is 0 Å². The fourth-order valence-electron chi connectivity index (χ4n) is 1.80. The van der Waals surface area contributed by atoms with Gasteiger partial charge in [0.25, 0.3) is 0 Å². The number of allylic oxidation sites excluding steroid dienone is 6. The number of hydrogen-bond acceptors (Lipinski definition) is 1. The lowest BCUT2D eigenvalue weighted by atomic mass is 9.95. The van der Waals surface area contributed by atoms with Gasteiger partial charge in [-0.25, -0.2) is 0 Å². The van der Waals surface area contributed by atoms with Crippen LogP contribution in [0.25, 0.3) is 0 Å². The fourth-order valence-corrected chi connectivity index (χ4v) is 2.93. The first kappa shape index (κ1) is 9.14. The van der Waals surface area contributed by atoms with E-state index in [0.29, 0.717) is 5.92 Å². The smallest absolute Gasteiger partial charge is 0.0109 e. The molecule has 0 N–H and O–H groups in total. The van der Waals surface area contributed by atoms with Crippen LogP contribution in [0.2, 0.25) is 0 Å². The SMILES string of the molecule is C1=C/C2=C\CCCCSCC2C=C1. The first-order chi connectivity index (χ1) is 6.47. The van der Waals surface area contributed by atoms with Crippen molar-refractivity contribution in [3.63, 3.8) is 0 Å². The molecule has 0 bridgehead atoms. The summed E-state index contributed by atoms with van der Waals surface area (Å²) in [5, 5.41) is 0. The zero-order chi connectivity index (χ0) is 8.93. The van der Waals surface area contributed by atoms with Crippen molar-refractivity contribution in [1.82, 2.24) is 0 Å². The Bertz CT molecular complexity index is 248. The molecule has 2 aliphatic rings. The Morgan fingerprint density at radius 3 is 3.23 bits per heavy atom. The molecular formula is C12H16S. The maximum Gasteiger partial charge on any atom is 0.0109 e. The van der Waals surface area contributed by atoms with E-state index in [9.17, 15) is 0 Å². The van der Waals surface area contributed by atoms with Crippen molar-refractivity contribution in [3.05, 3.63) is 36.0 Å². The summed E-state index contributed by atoms with van der Waals surface area (Å²) in [6.45, 7) is 0. The van der Waals surface area contributed by atoms with E-state index in [1.54, 1.807) is 0 Å². The number of thioether (sulfide) groups is 1. The molecule has 0 saturated carbocycles. The minimum absolute atomic E-state index is 0.688. The zero-order valence-corrected chi connectivity index (χ0v) is 8.72. The van der Waals surface area contributed by atoms with Crippen LogP contribution in [-0.2, 0) is 0 Å². The summed E-state index contributed by atoms with van der Waals surface area (Å²) in [5.74, 6) is 3.30. The maximum absolute atomic E-state index is 2.43. The van der Waals surface area contributed by atoms with Gasteiger partial charge in [0.05, 0.1) is 0 Å². The van der Waals surface area contributed by atoms with E-state index in [4.69, 9.17) is 0 Å². The summed E-state index contributed by atoms with van der Waals surface area (Å²) in [5.41, 5.74) is 1.54. The Balaban J connectivity index is 2.10. The Hall–Kier alpha value is -0.430. The van der Waals surface area contributed by atoms with Crippen molar-refractivity contribution < 1.29 is 0 Å². The van der Waals surface area contributed by atoms with Crippen molar-refractivity contribution in [2.24, 2.45) is 5.92 Å². The Morgan fingerprint density at radius 1 is 1.23 bits per heavy atom. The first-order valence-corrected chi connectivity index (χ1v) is 6.25. The lowest BCUT2D eigenvalue weighted by molar-refractivity contribution is 0.816. The second-order valence-corrected chi connectivity index (χ2v) is 4.78. The van der Waals surface area contributed by atoms with Gasteiger partial charge in [-0.2, -0.15) is 11.8 Å². The highest BCUT2D eigenvalue weighted by molar-refractivity contribution is 7.99. The number of hydrogen-bond donors (Lipinski definition) is 0. The Labute approximate surface area is 84.8 Å². The molecule has 0 aromatic heterocycles. The third kappa shape index (κ3) is 2.50. The summed E-state index contributed by atoms with van der Waals surface area (Å²) in [4.78, 5) is 0. The molecule has 13 heavy (non-hydrogen) atoms. The van der Waals surface area contributed by atoms with Crippen LogP contribution in [0.4, 0.5) is 0 Å². The topological polar surface area (TPSA) is 0 Å². The molecule has 2 rings (SSSR count). The molecule has 1 aliphatic carbocycles. The summed E-state index contributed by atoms with van der Waals surface area (Å²) in [7, 11) is 0. The highest BCUT2D eigenvalue weighted by Crippen LogP contribution is 2.26. The molecule has 0 aromatic rings. The van der Waals surface area contributed by atoms with Gasteiger partial charge in [-0.15, -0.1) is 0 Å². The second kappa shape index (κ2) is 4.71. The Morgan fingerprint density at radius 2 is 2.23 bits per heavy atom. The highest BCUT2D eigenvalue weighted by atomic mass is 32.2. The van der Waals surface area contributed by atoms with Crippen molar-refractivity contribution in [2.45, 2.75) is 19.3 Å².